The van der Waals surface area contributed by atoms with Crippen molar-refractivity contribution in [1.82, 2.24) is 14.9 Å². The summed E-state index contributed by atoms with van der Waals surface area (Å²) in [6.45, 7) is 4.09. The van der Waals surface area contributed by atoms with Crippen LogP contribution in [-0.4, -0.2) is 53.4 Å². The van der Waals surface area contributed by atoms with Crippen molar-refractivity contribution in [2.24, 2.45) is 5.73 Å². The molecule has 1 unspecified atom stereocenters. The maximum Gasteiger partial charge on any atom is 0.273 e. The van der Waals surface area contributed by atoms with Crippen molar-refractivity contribution in [2.75, 3.05) is 25.4 Å². The van der Waals surface area contributed by atoms with E-state index in [-0.39, 0.29) is 46.2 Å². The number of hydrogen-bond acceptors (Lipinski definition) is 8. The molecule has 0 aliphatic rings. The molecule has 1 heterocycles. The molecule has 10 nitrogen and oxygen atoms in total. The molecule has 0 saturated heterocycles. The quantitative estimate of drug-likeness (QED) is 0.231. The van der Waals surface area contributed by atoms with E-state index in [1.54, 1.807) is 4.90 Å². The molecule has 0 aliphatic heterocycles. The fourth-order valence-corrected chi connectivity index (χ4v) is 4.87. The first kappa shape index (κ1) is 29.2. The molecule has 0 bridgehead atoms. The Morgan fingerprint density at radius 1 is 1.18 bits per heavy atom. The van der Waals surface area contributed by atoms with E-state index in [4.69, 9.17) is 27.8 Å². The minimum Gasteiger partial charge on any atom is -0.470 e. The molecule has 14 heteroatoms. The van der Waals surface area contributed by atoms with E-state index in [2.05, 4.69) is 9.97 Å². The summed E-state index contributed by atoms with van der Waals surface area (Å²) in [5.74, 6) is -2.95. The number of benzene rings is 2. The van der Waals surface area contributed by atoms with Gasteiger partial charge in [0.25, 0.3) is 16.0 Å². The van der Waals surface area contributed by atoms with Gasteiger partial charge in [-0.2, -0.15) is 8.42 Å². The predicted molar refractivity (Wildman–Crippen MR) is 138 cm³/mol. The predicted octanol–water partition coefficient (Wildman–Crippen LogP) is 3.61. The Bertz CT molecular complexity index is 1450. The summed E-state index contributed by atoms with van der Waals surface area (Å²) in [4.78, 5) is 22.0. The van der Waals surface area contributed by atoms with Gasteiger partial charge in [0.1, 0.15) is 23.5 Å². The maximum atomic E-state index is 14.2. The molecular formula is C24H26ClF2N5O5S. The molecule has 3 aromatic rings. The van der Waals surface area contributed by atoms with Gasteiger partial charge in [-0.25, -0.2) is 18.7 Å². The Morgan fingerprint density at radius 3 is 2.45 bits per heavy atom. The Hall–Kier alpha value is -3.39. The van der Waals surface area contributed by atoms with Crippen LogP contribution >= 0.6 is 11.6 Å². The van der Waals surface area contributed by atoms with Gasteiger partial charge in [0.2, 0.25) is 5.91 Å². The number of ether oxygens (including phenoxy) is 1. The third kappa shape index (κ3) is 6.54. The number of anilines is 1. The lowest BCUT2D eigenvalue weighted by atomic mass is 9.98. The van der Waals surface area contributed by atoms with E-state index >= 15 is 0 Å². The molecule has 5 N–H and O–H groups in total. The van der Waals surface area contributed by atoms with E-state index in [1.807, 2.05) is 13.8 Å². The molecule has 1 aromatic heterocycles. The smallest absolute Gasteiger partial charge is 0.273 e. The second-order valence-corrected chi connectivity index (χ2v) is 10.2. The van der Waals surface area contributed by atoms with Gasteiger partial charge < -0.3 is 21.1 Å². The van der Waals surface area contributed by atoms with E-state index in [0.29, 0.717) is 13.1 Å². The zero-order valence-electron chi connectivity index (χ0n) is 20.5. The number of carbonyl (C=O) groups is 1. The summed E-state index contributed by atoms with van der Waals surface area (Å²) in [7, 11) is -4.63. The van der Waals surface area contributed by atoms with Gasteiger partial charge in [0, 0.05) is 23.2 Å². The number of nitrogens with two attached hydrogens (primary N) is 2. The van der Waals surface area contributed by atoms with Gasteiger partial charge in [-0.15, -0.1) is 0 Å². The lowest BCUT2D eigenvalue weighted by Crippen LogP contribution is -2.32. The second kappa shape index (κ2) is 12.0. The molecule has 3 rings (SSSR count). The number of hydrogen-bond donors (Lipinski definition) is 3. The largest absolute Gasteiger partial charge is 0.470 e. The van der Waals surface area contributed by atoms with Crippen LogP contribution in [0.1, 0.15) is 40.6 Å². The van der Waals surface area contributed by atoms with E-state index in [1.165, 1.54) is 24.4 Å². The van der Waals surface area contributed by atoms with Gasteiger partial charge in [-0.1, -0.05) is 31.5 Å². The fraction of sp³-hybridized carbons (Fsp3) is 0.292. The highest BCUT2D eigenvalue weighted by molar-refractivity contribution is 7.86. The first-order valence-corrected chi connectivity index (χ1v) is 13.3. The van der Waals surface area contributed by atoms with Crippen LogP contribution in [0, 0.1) is 11.6 Å². The lowest BCUT2D eigenvalue weighted by Gasteiger charge is -2.25. The molecule has 0 fully saturated rings. The zero-order valence-corrected chi connectivity index (χ0v) is 22.1. The van der Waals surface area contributed by atoms with Crippen molar-refractivity contribution < 1.29 is 31.3 Å². The summed E-state index contributed by atoms with van der Waals surface area (Å²) in [6.07, 6.45) is 1.21. The highest BCUT2D eigenvalue weighted by atomic mass is 35.5. The summed E-state index contributed by atoms with van der Waals surface area (Å²) < 4.78 is 68.5. The minimum absolute atomic E-state index is 0.0197. The van der Waals surface area contributed by atoms with Crippen molar-refractivity contribution in [1.29, 1.82) is 0 Å². The van der Waals surface area contributed by atoms with Crippen LogP contribution in [0.2, 0.25) is 5.02 Å². The van der Waals surface area contributed by atoms with Crippen LogP contribution in [0.15, 0.2) is 36.5 Å². The third-order valence-corrected chi connectivity index (χ3v) is 7.43. The van der Waals surface area contributed by atoms with Crippen molar-refractivity contribution in [3.8, 4) is 17.1 Å². The molecule has 0 spiro atoms. The van der Waals surface area contributed by atoms with Crippen molar-refractivity contribution in [2.45, 2.75) is 25.7 Å². The number of carbonyl (C=O) groups excluding carboxylic acids is 1. The maximum absolute atomic E-state index is 14.2. The number of nitrogens with zero attached hydrogens (tertiary/aromatic N) is 3. The number of aromatic nitrogens is 2. The number of halogens is 3. The molecule has 1 atom stereocenters. The van der Waals surface area contributed by atoms with E-state index in [0.717, 1.165) is 12.1 Å². The molecule has 0 aliphatic carbocycles. The lowest BCUT2D eigenvalue weighted by molar-refractivity contribution is 0.1000. The fourth-order valence-electron chi connectivity index (χ4n) is 3.74. The molecule has 0 saturated carbocycles. The number of likely N-dealkylation sites (N-methyl/N-ethyl adjacent to an activating group) is 1. The van der Waals surface area contributed by atoms with E-state index < -0.39 is 44.5 Å². The van der Waals surface area contributed by atoms with Crippen LogP contribution in [0.25, 0.3) is 11.3 Å². The van der Waals surface area contributed by atoms with Crippen LogP contribution in [0.4, 0.5) is 14.6 Å². The van der Waals surface area contributed by atoms with E-state index in [9.17, 15) is 26.5 Å². The molecule has 204 valence electrons. The van der Waals surface area contributed by atoms with Crippen molar-refractivity contribution in [3.63, 3.8) is 0 Å². The average Bonchev–Trinajstić information content (AvgIpc) is 2.87. The van der Waals surface area contributed by atoms with Crippen molar-refractivity contribution >= 4 is 33.4 Å². The second-order valence-electron chi connectivity index (χ2n) is 8.21. The van der Waals surface area contributed by atoms with Gasteiger partial charge in [0.15, 0.2) is 5.82 Å². The normalized spacial score (nSPS) is 12.5. The monoisotopic (exact) mass is 569 g/mol. The Kier molecular flexibility index (Phi) is 9.20. The Morgan fingerprint density at radius 2 is 1.84 bits per heavy atom. The molecule has 38 heavy (non-hydrogen) atoms. The molecule has 0 radical (unpaired) electrons. The first-order valence-electron chi connectivity index (χ1n) is 11.4. The van der Waals surface area contributed by atoms with Crippen LogP contribution < -0.4 is 16.2 Å². The van der Waals surface area contributed by atoms with Crippen molar-refractivity contribution in [3.05, 3.63) is 69.9 Å². The number of rotatable bonds is 11. The molecule has 1 amide bonds. The van der Waals surface area contributed by atoms with Gasteiger partial charge in [-0.05, 0) is 42.9 Å². The topological polar surface area (TPSA) is 162 Å². The van der Waals surface area contributed by atoms with Crippen LogP contribution in [-0.2, 0) is 16.7 Å². The zero-order chi connectivity index (χ0) is 28.2. The summed E-state index contributed by atoms with van der Waals surface area (Å²) in [5, 5.41) is -1.89. The molecule has 2 aromatic carbocycles. The highest BCUT2D eigenvalue weighted by Gasteiger charge is 2.30. The summed E-state index contributed by atoms with van der Waals surface area (Å²) in [6, 6.07) is 5.76. The SMILES string of the molecule is CCN(CC)CC(c1ccc(C(N)=O)cc1-c1cnc(N)c(OCc2c(F)ccc(F)c2Cl)n1)S(=O)(=O)O. The van der Waals surface area contributed by atoms with Crippen LogP contribution in [0.3, 0.4) is 0 Å². The number of amides is 1. The summed E-state index contributed by atoms with van der Waals surface area (Å²) in [5.41, 5.74) is 11.3. The third-order valence-electron chi connectivity index (χ3n) is 5.90. The highest BCUT2D eigenvalue weighted by Crippen LogP contribution is 2.34. The average molecular weight is 570 g/mol. The van der Waals surface area contributed by atoms with Gasteiger partial charge in [-0.3, -0.25) is 9.35 Å². The number of primary amides is 1. The van der Waals surface area contributed by atoms with Gasteiger partial charge in [0.05, 0.1) is 16.9 Å². The summed E-state index contributed by atoms with van der Waals surface area (Å²) >= 11 is 5.85. The minimum atomic E-state index is -4.63. The number of nitrogen functional groups attached to an aromatic ring is 1. The van der Waals surface area contributed by atoms with Gasteiger partial charge >= 0.3 is 0 Å². The Labute approximate surface area is 223 Å². The Balaban J connectivity index is 2.12. The molecular weight excluding hydrogens is 544 g/mol. The standard InChI is InChI=1S/C24H26ClF2N5O5S/c1-3-32(4-2)11-20(38(34,35)36)14-6-5-13(23(29)33)9-15(14)19-10-30-22(28)24(31-19)37-12-16-17(26)7-8-18(27)21(16)25/h5-10,20H,3-4,11-12H2,1-2H3,(H2,28,30)(H2,29,33)(H,34,35,36). The first-order chi connectivity index (χ1) is 17.9. The van der Waals surface area contributed by atoms with Crippen LogP contribution in [0.5, 0.6) is 5.88 Å².